The summed E-state index contributed by atoms with van der Waals surface area (Å²) in [5.74, 6) is -1.29. The highest BCUT2D eigenvalue weighted by atomic mass is 35.5. The van der Waals surface area contributed by atoms with Crippen LogP contribution in [-0.2, 0) is 14.3 Å². The van der Waals surface area contributed by atoms with Crippen LogP contribution >= 0.6 is 11.6 Å². The Labute approximate surface area is 133 Å². The lowest BCUT2D eigenvalue weighted by molar-refractivity contribution is -0.165. The monoisotopic (exact) mass is 325 g/mol. The number of anilines is 1. The Morgan fingerprint density at radius 2 is 2.00 bits per heavy atom. The number of hydrogen-bond donors (Lipinski definition) is 1. The van der Waals surface area contributed by atoms with Gasteiger partial charge in [-0.15, -0.1) is 0 Å². The number of nitrogens with one attached hydrogen (secondary N) is 1. The number of rotatable bonds is 2. The molecule has 2 bridgehead atoms. The lowest BCUT2D eigenvalue weighted by atomic mass is 9.66. The van der Waals surface area contributed by atoms with Crippen LogP contribution < -0.4 is 5.32 Å². The number of hydrogen-bond acceptors (Lipinski definition) is 3. The molecule has 1 aliphatic heterocycles. The van der Waals surface area contributed by atoms with Crippen LogP contribution in [0.25, 0.3) is 0 Å². The van der Waals surface area contributed by atoms with Crippen molar-refractivity contribution in [1.82, 2.24) is 0 Å². The summed E-state index contributed by atoms with van der Waals surface area (Å²) in [6.07, 6.45) is 1.08. The van der Waals surface area contributed by atoms with E-state index in [1.165, 1.54) is 18.2 Å². The SMILES string of the molecule is CC1(C)[C@@]2(C)CC[C@@]1(C(=O)Nc1ccc(F)c(Cl)c1)OC2=O. The second-order valence-electron chi connectivity index (χ2n) is 6.76. The third-order valence-corrected chi connectivity index (χ3v) is 5.92. The molecular formula is C16H17ClFNO3. The number of amides is 1. The van der Waals surface area contributed by atoms with Crippen molar-refractivity contribution in [3.8, 4) is 0 Å². The third-order valence-electron chi connectivity index (χ3n) is 5.63. The molecule has 1 saturated carbocycles. The van der Waals surface area contributed by atoms with Gasteiger partial charge in [0.2, 0.25) is 0 Å². The molecule has 1 aromatic rings. The van der Waals surface area contributed by atoms with Gasteiger partial charge in [-0.2, -0.15) is 0 Å². The first-order chi connectivity index (χ1) is 10.1. The highest BCUT2D eigenvalue weighted by molar-refractivity contribution is 6.31. The van der Waals surface area contributed by atoms with E-state index in [0.717, 1.165) is 0 Å². The summed E-state index contributed by atoms with van der Waals surface area (Å²) in [7, 11) is 0. The van der Waals surface area contributed by atoms with Crippen LogP contribution in [0.15, 0.2) is 18.2 Å². The number of benzene rings is 1. The Balaban J connectivity index is 1.92. The standard InChI is InChI=1S/C16H17ClFNO3/c1-14(2)15(3)6-7-16(14,22-13(15)21)12(20)19-9-4-5-11(18)10(17)8-9/h4-5,8H,6-7H2,1-3H3,(H,19,20)/t15-,16-/m0/s1. The predicted molar refractivity (Wildman–Crippen MR) is 80.0 cm³/mol. The molecule has 118 valence electrons. The molecule has 1 amide bonds. The topological polar surface area (TPSA) is 55.4 Å². The van der Waals surface area contributed by atoms with E-state index in [4.69, 9.17) is 16.3 Å². The van der Waals surface area contributed by atoms with E-state index >= 15 is 0 Å². The zero-order valence-corrected chi connectivity index (χ0v) is 13.4. The van der Waals surface area contributed by atoms with Crippen LogP contribution in [0.1, 0.15) is 33.6 Å². The third kappa shape index (κ3) is 1.69. The van der Waals surface area contributed by atoms with Crippen molar-refractivity contribution in [2.75, 3.05) is 5.32 Å². The fraction of sp³-hybridized carbons (Fsp3) is 0.500. The average Bonchev–Trinajstić information content (AvgIpc) is 2.73. The van der Waals surface area contributed by atoms with Gasteiger partial charge in [-0.3, -0.25) is 9.59 Å². The van der Waals surface area contributed by atoms with Gasteiger partial charge >= 0.3 is 5.97 Å². The van der Waals surface area contributed by atoms with Gasteiger partial charge in [-0.1, -0.05) is 25.4 Å². The molecule has 0 aromatic heterocycles. The number of fused-ring (bicyclic) bond motifs is 2. The fourth-order valence-electron chi connectivity index (χ4n) is 3.55. The van der Waals surface area contributed by atoms with Crippen LogP contribution in [0.4, 0.5) is 10.1 Å². The summed E-state index contributed by atoms with van der Waals surface area (Å²) in [6.45, 7) is 5.59. The summed E-state index contributed by atoms with van der Waals surface area (Å²) in [5, 5.41) is 2.62. The number of carbonyl (C=O) groups is 2. The van der Waals surface area contributed by atoms with Crippen molar-refractivity contribution in [1.29, 1.82) is 0 Å². The Kier molecular flexibility index (Phi) is 3.09. The molecule has 2 fully saturated rings. The molecular weight excluding hydrogens is 309 g/mol. The molecule has 22 heavy (non-hydrogen) atoms. The zero-order valence-electron chi connectivity index (χ0n) is 12.6. The minimum atomic E-state index is -1.19. The fourth-order valence-corrected chi connectivity index (χ4v) is 3.73. The first-order valence-electron chi connectivity index (χ1n) is 7.14. The van der Waals surface area contributed by atoms with E-state index in [2.05, 4.69) is 5.32 Å². The Morgan fingerprint density at radius 1 is 1.32 bits per heavy atom. The Hall–Kier alpha value is -1.62. The minimum absolute atomic E-state index is 0.0748. The highest BCUT2D eigenvalue weighted by Crippen LogP contribution is 2.65. The first kappa shape index (κ1) is 15.3. The molecule has 6 heteroatoms. The summed E-state index contributed by atoms with van der Waals surface area (Å²) in [5.41, 5.74) is -2.10. The largest absolute Gasteiger partial charge is 0.448 e. The van der Waals surface area contributed by atoms with Gasteiger partial charge < -0.3 is 10.1 Å². The number of ether oxygens (including phenoxy) is 1. The quantitative estimate of drug-likeness (QED) is 0.846. The molecule has 1 aliphatic carbocycles. The van der Waals surface area contributed by atoms with E-state index in [9.17, 15) is 14.0 Å². The number of halogens is 2. The maximum absolute atomic E-state index is 13.2. The van der Waals surface area contributed by atoms with Gasteiger partial charge in [-0.05, 0) is 38.0 Å². The van der Waals surface area contributed by atoms with Gasteiger partial charge in [0, 0.05) is 11.1 Å². The molecule has 3 rings (SSSR count). The number of carbonyl (C=O) groups excluding carboxylic acids is 2. The molecule has 4 nitrogen and oxygen atoms in total. The van der Waals surface area contributed by atoms with Crippen LogP contribution in [-0.4, -0.2) is 17.5 Å². The summed E-state index contributed by atoms with van der Waals surface area (Å²) in [6, 6.07) is 3.94. The van der Waals surface area contributed by atoms with E-state index in [1.807, 2.05) is 20.8 Å². The summed E-state index contributed by atoms with van der Waals surface area (Å²) >= 11 is 5.72. The van der Waals surface area contributed by atoms with Crippen molar-refractivity contribution in [3.63, 3.8) is 0 Å². The minimum Gasteiger partial charge on any atom is -0.448 e. The van der Waals surface area contributed by atoms with E-state index in [-0.39, 0.29) is 11.0 Å². The van der Waals surface area contributed by atoms with Crippen molar-refractivity contribution in [3.05, 3.63) is 29.0 Å². The van der Waals surface area contributed by atoms with Crippen molar-refractivity contribution in [2.45, 2.75) is 39.2 Å². The second-order valence-corrected chi connectivity index (χ2v) is 7.16. The van der Waals surface area contributed by atoms with Crippen LogP contribution in [0.3, 0.4) is 0 Å². The van der Waals surface area contributed by atoms with Gasteiger partial charge in [-0.25, -0.2) is 4.39 Å². The lowest BCUT2D eigenvalue weighted by Crippen LogP contribution is -2.50. The average molecular weight is 326 g/mol. The van der Waals surface area contributed by atoms with Crippen LogP contribution in [0, 0.1) is 16.6 Å². The summed E-state index contributed by atoms with van der Waals surface area (Å²) < 4.78 is 18.7. The second kappa shape index (κ2) is 4.44. The molecule has 0 unspecified atom stereocenters. The lowest BCUT2D eigenvalue weighted by Gasteiger charge is -2.35. The van der Waals surface area contributed by atoms with Gasteiger partial charge in [0.25, 0.3) is 5.91 Å². The zero-order chi connectivity index (χ0) is 16.3. The van der Waals surface area contributed by atoms with Crippen LogP contribution in [0.2, 0.25) is 5.02 Å². The smallest absolute Gasteiger partial charge is 0.313 e. The van der Waals surface area contributed by atoms with Crippen molar-refractivity contribution in [2.24, 2.45) is 10.8 Å². The maximum atomic E-state index is 13.2. The van der Waals surface area contributed by atoms with Crippen molar-refractivity contribution >= 4 is 29.2 Å². The molecule has 0 radical (unpaired) electrons. The van der Waals surface area contributed by atoms with Crippen molar-refractivity contribution < 1.29 is 18.7 Å². The van der Waals surface area contributed by atoms with Gasteiger partial charge in [0.15, 0.2) is 5.60 Å². The first-order valence-corrected chi connectivity index (χ1v) is 7.52. The normalized spacial score (nSPS) is 32.0. The number of esters is 1. The van der Waals surface area contributed by atoms with Crippen LogP contribution in [0.5, 0.6) is 0 Å². The predicted octanol–water partition coefficient (Wildman–Crippen LogP) is 3.54. The van der Waals surface area contributed by atoms with Gasteiger partial charge in [0.1, 0.15) is 5.82 Å². The molecule has 1 saturated heterocycles. The molecule has 2 atom stereocenters. The highest BCUT2D eigenvalue weighted by Gasteiger charge is 2.75. The molecule has 1 heterocycles. The molecule has 2 aliphatic rings. The molecule has 1 N–H and O–H groups in total. The Morgan fingerprint density at radius 3 is 2.50 bits per heavy atom. The van der Waals surface area contributed by atoms with Gasteiger partial charge in [0.05, 0.1) is 10.4 Å². The molecule has 0 spiro atoms. The van der Waals surface area contributed by atoms with E-state index in [0.29, 0.717) is 18.5 Å². The summed E-state index contributed by atoms with van der Waals surface area (Å²) in [4.78, 5) is 24.9. The van der Waals surface area contributed by atoms with E-state index < -0.39 is 28.2 Å². The van der Waals surface area contributed by atoms with E-state index in [1.54, 1.807) is 0 Å². The molecule has 1 aromatic carbocycles. The maximum Gasteiger partial charge on any atom is 0.313 e. The Bertz CT molecular complexity index is 690.